The van der Waals surface area contributed by atoms with Gasteiger partial charge < -0.3 is 14.2 Å². The van der Waals surface area contributed by atoms with Crippen molar-refractivity contribution in [3.63, 3.8) is 0 Å². The van der Waals surface area contributed by atoms with E-state index in [2.05, 4.69) is 34.6 Å². The minimum absolute atomic E-state index is 0.0645. The van der Waals surface area contributed by atoms with Gasteiger partial charge in [0.05, 0.1) is 0 Å². The van der Waals surface area contributed by atoms with Gasteiger partial charge in [0.1, 0.15) is 13.2 Å². The Morgan fingerprint density at radius 1 is 0.345 bits per heavy atom. The maximum atomic E-state index is 12.7. The van der Waals surface area contributed by atoms with Crippen LogP contribution in [-0.4, -0.2) is 37.2 Å². The Morgan fingerprint density at radius 3 is 0.891 bits per heavy atom. The van der Waals surface area contributed by atoms with Crippen molar-refractivity contribution in [3.8, 4) is 0 Å². The fourth-order valence-electron chi connectivity index (χ4n) is 7.28. The SMILES string of the molecule is CCCCCCCCCCCCCC(=O)O[C@H](COC(=O)CCCCCCCCCCCCCCC(C)C)COC(=O)CCCCCCCCCCC(C)C. The third-order valence-corrected chi connectivity index (χ3v) is 11.0. The van der Waals surface area contributed by atoms with Crippen LogP contribution in [0.2, 0.25) is 0 Å². The van der Waals surface area contributed by atoms with Crippen LogP contribution in [0, 0.1) is 11.8 Å². The summed E-state index contributed by atoms with van der Waals surface area (Å²) in [5.74, 6) is 0.776. The largest absolute Gasteiger partial charge is 0.462 e. The van der Waals surface area contributed by atoms with Gasteiger partial charge >= 0.3 is 17.9 Å². The third kappa shape index (κ3) is 43.4. The summed E-state index contributed by atoms with van der Waals surface area (Å²) in [5, 5.41) is 0. The van der Waals surface area contributed by atoms with Gasteiger partial charge in [0.2, 0.25) is 0 Å². The molecule has 6 nitrogen and oxygen atoms in total. The van der Waals surface area contributed by atoms with E-state index in [1.807, 2.05) is 0 Å². The van der Waals surface area contributed by atoms with Crippen molar-refractivity contribution < 1.29 is 28.6 Å². The molecule has 0 bridgehead atoms. The smallest absolute Gasteiger partial charge is 0.306 e. The average Bonchev–Trinajstić information content (AvgIpc) is 3.15. The van der Waals surface area contributed by atoms with Crippen molar-refractivity contribution >= 4 is 17.9 Å². The molecule has 0 radical (unpaired) electrons. The second-order valence-corrected chi connectivity index (χ2v) is 17.7. The van der Waals surface area contributed by atoms with E-state index in [4.69, 9.17) is 14.2 Å². The molecule has 0 N–H and O–H groups in total. The van der Waals surface area contributed by atoms with Crippen LogP contribution in [0.4, 0.5) is 0 Å². The molecule has 0 aliphatic rings. The lowest BCUT2D eigenvalue weighted by Gasteiger charge is -2.18. The van der Waals surface area contributed by atoms with E-state index >= 15 is 0 Å². The molecular weight excluding hydrogens is 685 g/mol. The highest BCUT2D eigenvalue weighted by atomic mass is 16.6. The molecule has 0 fully saturated rings. The van der Waals surface area contributed by atoms with E-state index in [0.717, 1.165) is 69.6 Å². The molecule has 0 aliphatic carbocycles. The summed E-state index contributed by atoms with van der Waals surface area (Å²) in [6.07, 6.45) is 40.9. The fraction of sp³-hybridized carbons (Fsp3) is 0.939. The number of unbranched alkanes of at least 4 members (excludes halogenated alkanes) is 28. The number of hydrogen-bond acceptors (Lipinski definition) is 6. The highest BCUT2D eigenvalue weighted by molar-refractivity contribution is 5.71. The normalized spacial score (nSPS) is 12.1. The lowest BCUT2D eigenvalue weighted by molar-refractivity contribution is -0.167. The summed E-state index contributed by atoms with van der Waals surface area (Å²) in [6.45, 7) is 11.3. The van der Waals surface area contributed by atoms with Crippen LogP contribution in [0.1, 0.15) is 266 Å². The van der Waals surface area contributed by atoms with E-state index in [9.17, 15) is 14.4 Å². The molecule has 1 atom stereocenters. The maximum absolute atomic E-state index is 12.7. The Kier molecular flexibility index (Phi) is 40.8. The molecule has 0 aromatic heterocycles. The molecule has 0 saturated heterocycles. The van der Waals surface area contributed by atoms with Crippen molar-refractivity contribution in [3.05, 3.63) is 0 Å². The quantitative estimate of drug-likeness (QED) is 0.0348. The Bertz CT molecular complexity index is 839. The first kappa shape index (κ1) is 53.4. The molecular formula is C49H94O6. The molecule has 55 heavy (non-hydrogen) atoms. The predicted molar refractivity (Wildman–Crippen MR) is 233 cm³/mol. The molecule has 0 amide bonds. The minimum atomic E-state index is -0.760. The van der Waals surface area contributed by atoms with E-state index < -0.39 is 6.10 Å². The van der Waals surface area contributed by atoms with Gasteiger partial charge in [0.25, 0.3) is 0 Å². The highest BCUT2D eigenvalue weighted by Crippen LogP contribution is 2.17. The number of esters is 3. The molecule has 0 heterocycles. The van der Waals surface area contributed by atoms with Gasteiger partial charge in [-0.05, 0) is 31.1 Å². The van der Waals surface area contributed by atoms with Crippen molar-refractivity contribution in [1.82, 2.24) is 0 Å². The first-order chi connectivity index (χ1) is 26.7. The minimum Gasteiger partial charge on any atom is -0.462 e. The van der Waals surface area contributed by atoms with Crippen LogP contribution < -0.4 is 0 Å². The summed E-state index contributed by atoms with van der Waals surface area (Å²) < 4.78 is 16.7. The topological polar surface area (TPSA) is 78.9 Å². The monoisotopic (exact) mass is 779 g/mol. The van der Waals surface area contributed by atoms with Crippen molar-refractivity contribution in [2.24, 2.45) is 11.8 Å². The summed E-state index contributed by atoms with van der Waals surface area (Å²) in [5.41, 5.74) is 0. The van der Waals surface area contributed by atoms with Gasteiger partial charge in [-0.25, -0.2) is 0 Å². The molecule has 0 unspecified atom stereocenters. The summed E-state index contributed by atoms with van der Waals surface area (Å²) in [7, 11) is 0. The molecule has 0 aromatic carbocycles. The van der Waals surface area contributed by atoms with Crippen LogP contribution in [0.25, 0.3) is 0 Å². The zero-order chi connectivity index (χ0) is 40.5. The van der Waals surface area contributed by atoms with Gasteiger partial charge in [-0.2, -0.15) is 0 Å². The Hall–Kier alpha value is -1.59. The number of carbonyl (C=O) groups is 3. The molecule has 0 spiro atoms. The molecule has 6 heteroatoms. The van der Waals surface area contributed by atoms with Crippen molar-refractivity contribution in [2.75, 3.05) is 13.2 Å². The van der Waals surface area contributed by atoms with E-state index in [1.165, 1.54) is 154 Å². The second kappa shape index (κ2) is 42.0. The predicted octanol–water partition coefficient (Wildman–Crippen LogP) is 15.4. The molecule has 0 saturated carbocycles. The zero-order valence-electron chi connectivity index (χ0n) is 37.6. The summed E-state index contributed by atoms with van der Waals surface area (Å²) >= 11 is 0. The van der Waals surface area contributed by atoms with E-state index in [1.54, 1.807) is 0 Å². The molecule has 326 valence electrons. The van der Waals surface area contributed by atoms with Crippen LogP contribution >= 0.6 is 0 Å². The Labute approximate surface area is 342 Å². The molecule has 0 rings (SSSR count). The van der Waals surface area contributed by atoms with Crippen LogP contribution in [0.3, 0.4) is 0 Å². The molecule has 0 aliphatic heterocycles. The van der Waals surface area contributed by atoms with Crippen LogP contribution in [0.5, 0.6) is 0 Å². The lowest BCUT2D eigenvalue weighted by Crippen LogP contribution is -2.30. The number of ether oxygens (including phenoxy) is 3. The van der Waals surface area contributed by atoms with Crippen molar-refractivity contribution in [1.29, 1.82) is 0 Å². The fourth-order valence-corrected chi connectivity index (χ4v) is 7.28. The Morgan fingerprint density at radius 2 is 0.600 bits per heavy atom. The van der Waals surface area contributed by atoms with Gasteiger partial charge in [-0.15, -0.1) is 0 Å². The van der Waals surface area contributed by atoms with Gasteiger partial charge in [-0.3, -0.25) is 14.4 Å². The van der Waals surface area contributed by atoms with Gasteiger partial charge in [-0.1, -0.05) is 227 Å². The Balaban J connectivity index is 4.30. The lowest BCUT2D eigenvalue weighted by atomic mass is 10.0. The van der Waals surface area contributed by atoms with Gasteiger partial charge in [0.15, 0.2) is 6.10 Å². The third-order valence-electron chi connectivity index (χ3n) is 11.0. The van der Waals surface area contributed by atoms with Gasteiger partial charge in [0, 0.05) is 19.3 Å². The van der Waals surface area contributed by atoms with E-state index in [-0.39, 0.29) is 31.1 Å². The standard InChI is InChI=1S/C49H94O6/c1-6-7-8-9-10-11-14-19-26-31-36-41-49(52)55-46(43-54-48(51)40-35-30-25-21-20-23-28-33-38-45(4)5)42-53-47(50)39-34-29-24-18-16-13-12-15-17-22-27-32-37-44(2)3/h44-46H,6-43H2,1-5H3/t46-/m1/s1. The maximum Gasteiger partial charge on any atom is 0.306 e. The first-order valence-electron chi connectivity index (χ1n) is 24.2. The molecule has 0 aromatic rings. The number of hydrogen-bond donors (Lipinski definition) is 0. The summed E-state index contributed by atoms with van der Waals surface area (Å²) in [6, 6.07) is 0. The first-order valence-corrected chi connectivity index (χ1v) is 24.2. The van der Waals surface area contributed by atoms with Crippen LogP contribution in [0.15, 0.2) is 0 Å². The van der Waals surface area contributed by atoms with Crippen molar-refractivity contribution in [2.45, 2.75) is 272 Å². The number of carbonyl (C=O) groups excluding carboxylic acids is 3. The summed E-state index contributed by atoms with van der Waals surface area (Å²) in [4.78, 5) is 37.8. The highest BCUT2D eigenvalue weighted by Gasteiger charge is 2.19. The van der Waals surface area contributed by atoms with E-state index in [0.29, 0.717) is 19.3 Å². The van der Waals surface area contributed by atoms with Crippen LogP contribution in [-0.2, 0) is 28.6 Å². The zero-order valence-corrected chi connectivity index (χ0v) is 37.6. The second-order valence-electron chi connectivity index (χ2n) is 17.7. The number of rotatable bonds is 43. The average molecular weight is 779 g/mol.